The molecule has 3 nitrogen and oxygen atoms in total. The zero-order valence-electron chi connectivity index (χ0n) is 7.57. The number of alkyl halides is 1. The normalized spacial score (nSPS) is 17.2. The molecular formula is C9H12BrN3. The van der Waals surface area contributed by atoms with Crippen LogP contribution in [0.1, 0.15) is 12.5 Å². The molecule has 13 heavy (non-hydrogen) atoms. The molecule has 0 N–H and O–H groups in total. The molecule has 0 atom stereocenters. The molecule has 1 aromatic heterocycles. The Morgan fingerprint density at radius 2 is 2.08 bits per heavy atom. The maximum absolute atomic E-state index is 4.29. The van der Waals surface area contributed by atoms with Crippen molar-refractivity contribution in [1.82, 2.24) is 9.97 Å². The molecule has 2 heterocycles. The lowest BCUT2D eigenvalue weighted by Crippen LogP contribution is -2.46. The van der Waals surface area contributed by atoms with Crippen LogP contribution in [-0.2, 0) is 5.33 Å². The highest BCUT2D eigenvalue weighted by atomic mass is 79.9. The Bertz CT molecular complexity index is 279. The van der Waals surface area contributed by atoms with Crippen molar-refractivity contribution in [1.29, 1.82) is 0 Å². The molecule has 0 spiro atoms. The van der Waals surface area contributed by atoms with Gasteiger partial charge in [0.25, 0.3) is 0 Å². The van der Waals surface area contributed by atoms with Crippen LogP contribution in [0.3, 0.4) is 0 Å². The number of anilines is 1. The summed E-state index contributed by atoms with van der Waals surface area (Å²) in [6.07, 6.45) is 3.75. The largest absolute Gasteiger partial charge is 0.340 e. The summed E-state index contributed by atoms with van der Waals surface area (Å²) in [7, 11) is 0. The van der Waals surface area contributed by atoms with E-state index in [9.17, 15) is 0 Å². The molecule has 0 unspecified atom stereocenters. The van der Waals surface area contributed by atoms with Gasteiger partial charge in [-0.2, -0.15) is 0 Å². The molecule has 1 fully saturated rings. The first-order valence-electron chi connectivity index (χ1n) is 4.41. The van der Waals surface area contributed by atoms with Gasteiger partial charge in [-0.05, 0) is 11.5 Å². The van der Waals surface area contributed by atoms with Gasteiger partial charge >= 0.3 is 0 Å². The van der Waals surface area contributed by atoms with Gasteiger partial charge in [-0.25, -0.2) is 9.97 Å². The van der Waals surface area contributed by atoms with Crippen LogP contribution in [0, 0.1) is 5.92 Å². The Kier molecular flexibility index (Phi) is 2.49. The van der Waals surface area contributed by atoms with E-state index in [1.165, 1.54) is 0 Å². The predicted octanol–water partition coefficient (Wildman–Crippen LogP) is 1.83. The van der Waals surface area contributed by atoms with E-state index in [2.05, 4.69) is 37.7 Å². The van der Waals surface area contributed by atoms with E-state index in [-0.39, 0.29) is 0 Å². The summed E-state index contributed by atoms with van der Waals surface area (Å²) < 4.78 is 0. The highest BCUT2D eigenvalue weighted by Crippen LogP contribution is 2.19. The van der Waals surface area contributed by atoms with Crippen LogP contribution in [0.2, 0.25) is 0 Å². The standard InChI is InChI=1S/C9H12BrN3/c1-7-5-13(6-7)9-11-3-8(2-10)4-12-9/h3-4,7H,2,5-6H2,1H3. The highest BCUT2D eigenvalue weighted by molar-refractivity contribution is 9.08. The SMILES string of the molecule is CC1CN(c2ncc(CBr)cn2)C1. The summed E-state index contributed by atoms with van der Waals surface area (Å²) in [4.78, 5) is 10.8. The highest BCUT2D eigenvalue weighted by Gasteiger charge is 2.24. The van der Waals surface area contributed by atoms with Gasteiger partial charge < -0.3 is 4.90 Å². The number of hydrogen-bond donors (Lipinski definition) is 0. The Morgan fingerprint density at radius 3 is 2.54 bits per heavy atom. The first-order chi connectivity index (χ1) is 6.29. The van der Waals surface area contributed by atoms with Gasteiger partial charge in [-0.3, -0.25) is 0 Å². The molecule has 1 aliphatic heterocycles. The van der Waals surface area contributed by atoms with Gasteiger partial charge in [0.1, 0.15) is 0 Å². The Labute approximate surface area is 86.3 Å². The monoisotopic (exact) mass is 241 g/mol. The van der Waals surface area contributed by atoms with Crippen molar-refractivity contribution in [3.63, 3.8) is 0 Å². The minimum absolute atomic E-state index is 0.791. The molecule has 0 amide bonds. The number of rotatable bonds is 2. The van der Waals surface area contributed by atoms with Crippen molar-refractivity contribution in [2.45, 2.75) is 12.3 Å². The van der Waals surface area contributed by atoms with E-state index in [0.29, 0.717) is 0 Å². The third-order valence-electron chi connectivity index (χ3n) is 2.19. The Hall–Kier alpha value is -0.640. The van der Waals surface area contributed by atoms with Crippen molar-refractivity contribution in [3.8, 4) is 0 Å². The second kappa shape index (κ2) is 3.62. The van der Waals surface area contributed by atoms with Gasteiger partial charge in [-0.15, -0.1) is 0 Å². The van der Waals surface area contributed by atoms with Gasteiger partial charge in [0.15, 0.2) is 0 Å². The average Bonchev–Trinajstić information content (AvgIpc) is 2.13. The lowest BCUT2D eigenvalue weighted by Gasteiger charge is -2.37. The van der Waals surface area contributed by atoms with E-state index in [1.807, 2.05) is 12.4 Å². The minimum Gasteiger partial charge on any atom is -0.340 e. The smallest absolute Gasteiger partial charge is 0.225 e. The van der Waals surface area contributed by atoms with Crippen molar-refractivity contribution < 1.29 is 0 Å². The molecule has 0 aliphatic carbocycles. The summed E-state index contributed by atoms with van der Waals surface area (Å²) in [5.41, 5.74) is 1.12. The van der Waals surface area contributed by atoms with Crippen LogP contribution in [0.25, 0.3) is 0 Å². The molecule has 0 radical (unpaired) electrons. The van der Waals surface area contributed by atoms with Crippen LogP contribution in [-0.4, -0.2) is 23.1 Å². The predicted molar refractivity (Wildman–Crippen MR) is 56.0 cm³/mol. The van der Waals surface area contributed by atoms with Gasteiger partial charge in [-0.1, -0.05) is 22.9 Å². The second-order valence-corrected chi connectivity index (χ2v) is 4.10. The van der Waals surface area contributed by atoms with Crippen molar-refractivity contribution in [2.75, 3.05) is 18.0 Å². The zero-order valence-corrected chi connectivity index (χ0v) is 9.16. The lowest BCUT2D eigenvalue weighted by molar-refractivity contribution is 0.439. The maximum Gasteiger partial charge on any atom is 0.225 e. The fourth-order valence-corrected chi connectivity index (χ4v) is 1.73. The quantitative estimate of drug-likeness (QED) is 0.741. The first-order valence-corrected chi connectivity index (χ1v) is 5.53. The first kappa shape index (κ1) is 8.94. The van der Waals surface area contributed by atoms with Crippen LogP contribution in [0.4, 0.5) is 5.95 Å². The van der Waals surface area contributed by atoms with E-state index >= 15 is 0 Å². The zero-order chi connectivity index (χ0) is 9.26. The van der Waals surface area contributed by atoms with E-state index in [0.717, 1.165) is 35.8 Å². The summed E-state index contributed by atoms with van der Waals surface area (Å²) in [5, 5.41) is 0.823. The average molecular weight is 242 g/mol. The Morgan fingerprint density at radius 1 is 1.46 bits per heavy atom. The number of aromatic nitrogens is 2. The summed E-state index contributed by atoms with van der Waals surface area (Å²) in [5.74, 6) is 1.65. The summed E-state index contributed by atoms with van der Waals surface area (Å²) in [6.45, 7) is 4.42. The molecule has 1 aromatic rings. The van der Waals surface area contributed by atoms with Gasteiger partial charge in [0.2, 0.25) is 5.95 Å². The van der Waals surface area contributed by atoms with Crippen molar-refractivity contribution >= 4 is 21.9 Å². The maximum atomic E-state index is 4.29. The molecule has 2 rings (SSSR count). The third-order valence-corrected chi connectivity index (χ3v) is 2.84. The van der Waals surface area contributed by atoms with Gasteiger partial charge in [0.05, 0.1) is 0 Å². The van der Waals surface area contributed by atoms with Crippen LogP contribution in [0.15, 0.2) is 12.4 Å². The molecule has 0 saturated carbocycles. The van der Waals surface area contributed by atoms with E-state index in [4.69, 9.17) is 0 Å². The Balaban J connectivity index is 2.06. The lowest BCUT2D eigenvalue weighted by atomic mass is 10.0. The second-order valence-electron chi connectivity index (χ2n) is 3.54. The van der Waals surface area contributed by atoms with Crippen LogP contribution in [0.5, 0.6) is 0 Å². The summed E-state index contributed by atoms with van der Waals surface area (Å²) in [6, 6.07) is 0. The molecule has 0 aromatic carbocycles. The summed E-state index contributed by atoms with van der Waals surface area (Å²) >= 11 is 3.37. The fraction of sp³-hybridized carbons (Fsp3) is 0.556. The van der Waals surface area contributed by atoms with E-state index in [1.54, 1.807) is 0 Å². The van der Waals surface area contributed by atoms with Crippen molar-refractivity contribution in [3.05, 3.63) is 18.0 Å². The molecule has 1 saturated heterocycles. The topological polar surface area (TPSA) is 29.0 Å². The molecule has 70 valence electrons. The fourth-order valence-electron chi connectivity index (χ4n) is 1.44. The third kappa shape index (κ3) is 1.82. The number of hydrogen-bond acceptors (Lipinski definition) is 3. The van der Waals surface area contributed by atoms with Crippen LogP contribution < -0.4 is 4.90 Å². The van der Waals surface area contributed by atoms with E-state index < -0.39 is 0 Å². The molecular weight excluding hydrogens is 230 g/mol. The van der Waals surface area contributed by atoms with Crippen LogP contribution >= 0.6 is 15.9 Å². The minimum atomic E-state index is 0.791. The van der Waals surface area contributed by atoms with Gasteiger partial charge in [0, 0.05) is 30.8 Å². The molecule has 4 heteroatoms. The number of nitrogens with zero attached hydrogens (tertiary/aromatic N) is 3. The number of halogens is 1. The molecule has 1 aliphatic rings. The molecule has 0 bridgehead atoms. The van der Waals surface area contributed by atoms with Crippen molar-refractivity contribution in [2.24, 2.45) is 5.92 Å².